The third-order valence-electron chi connectivity index (χ3n) is 6.15. The Labute approximate surface area is 191 Å². The maximum Gasteiger partial charge on any atom is 0.273 e. The monoisotopic (exact) mass is 481 g/mol. The molecule has 31 heavy (non-hydrogen) atoms. The number of nitrogens with one attached hydrogen (secondary N) is 1. The Bertz CT molecular complexity index is 1120. The molecule has 0 bridgehead atoms. The lowest BCUT2D eigenvalue weighted by Gasteiger charge is -2.35. The van der Waals surface area contributed by atoms with Crippen molar-refractivity contribution in [1.82, 2.24) is 9.47 Å². The van der Waals surface area contributed by atoms with Gasteiger partial charge in [0.2, 0.25) is 0 Å². The van der Waals surface area contributed by atoms with Gasteiger partial charge in [-0.25, -0.2) is 0 Å². The molecule has 2 atom stereocenters. The summed E-state index contributed by atoms with van der Waals surface area (Å²) in [5.41, 5.74) is 3.72. The van der Waals surface area contributed by atoms with Gasteiger partial charge in [0.1, 0.15) is 5.69 Å². The third kappa shape index (κ3) is 4.13. The van der Waals surface area contributed by atoms with Gasteiger partial charge in [-0.2, -0.15) is 0 Å². The number of amides is 2. The van der Waals surface area contributed by atoms with E-state index in [-0.39, 0.29) is 11.8 Å². The predicted octanol–water partition coefficient (Wildman–Crippen LogP) is 5.62. The molecule has 0 saturated carbocycles. The van der Waals surface area contributed by atoms with Crippen LogP contribution in [0.2, 0.25) is 0 Å². The summed E-state index contributed by atoms with van der Waals surface area (Å²) in [7, 11) is 1.88. The number of rotatable bonds is 3. The van der Waals surface area contributed by atoms with Crippen LogP contribution >= 0.6 is 15.9 Å². The molecular weight excluding hydrogens is 454 g/mol. The van der Waals surface area contributed by atoms with E-state index < -0.39 is 0 Å². The highest BCUT2D eigenvalue weighted by molar-refractivity contribution is 9.10. The molecule has 0 spiro atoms. The molecule has 0 radical (unpaired) electrons. The number of carbonyl (C=O) groups is 2. The Morgan fingerprint density at radius 3 is 2.42 bits per heavy atom. The van der Waals surface area contributed by atoms with Crippen molar-refractivity contribution in [3.8, 4) is 0 Å². The van der Waals surface area contributed by atoms with Gasteiger partial charge in [0.25, 0.3) is 11.8 Å². The van der Waals surface area contributed by atoms with Crippen molar-refractivity contribution in [2.24, 2.45) is 18.9 Å². The molecule has 162 valence electrons. The molecule has 1 aliphatic heterocycles. The Balaban J connectivity index is 1.61. The van der Waals surface area contributed by atoms with E-state index in [9.17, 15) is 9.59 Å². The first kappa shape index (κ1) is 21.6. The van der Waals surface area contributed by atoms with E-state index in [4.69, 9.17) is 0 Å². The van der Waals surface area contributed by atoms with Gasteiger partial charge >= 0.3 is 0 Å². The molecule has 2 heterocycles. The standard InChI is InChI=1S/C25H28BrN3O2/c1-15-11-16(2)14-29(13-15)25(31)18-10-9-17(3)20(12-18)27-24(30)23-22(26)19-7-5-6-8-21(19)28(23)4/h5-10,12,15-16H,11,13-14H2,1-4H3,(H,27,30). The minimum absolute atomic E-state index is 0.0275. The zero-order valence-corrected chi connectivity index (χ0v) is 20.0. The summed E-state index contributed by atoms with van der Waals surface area (Å²) < 4.78 is 2.65. The highest BCUT2D eigenvalue weighted by Gasteiger charge is 2.27. The Morgan fingerprint density at radius 2 is 1.74 bits per heavy atom. The van der Waals surface area contributed by atoms with Crippen LogP contribution in [0.5, 0.6) is 0 Å². The summed E-state index contributed by atoms with van der Waals surface area (Å²) in [4.78, 5) is 28.3. The number of aromatic nitrogens is 1. The molecule has 2 amide bonds. The molecule has 3 aromatic rings. The van der Waals surface area contributed by atoms with Crippen LogP contribution in [0.25, 0.3) is 10.9 Å². The van der Waals surface area contributed by atoms with Crippen LogP contribution in [0.1, 0.15) is 46.7 Å². The van der Waals surface area contributed by atoms with Crippen LogP contribution < -0.4 is 5.32 Å². The van der Waals surface area contributed by atoms with E-state index >= 15 is 0 Å². The highest BCUT2D eigenvalue weighted by Crippen LogP contribution is 2.31. The molecule has 2 unspecified atom stereocenters. The van der Waals surface area contributed by atoms with Crippen molar-refractivity contribution in [3.63, 3.8) is 0 Å². The number of halogens is 1. The molecule has 0 aliphatic carbocycles. The highest BCUT2D eigenvalue weighted by atomic mass is 79.9. The van der Waals surface area contributed by atoms with Crippen molar-refractivity contribution in [2.45, 2.75) is 27.2 Å². The molecule has 2 aromatic carbocycles. The quantitative estimate of drug-likeness (QED) is 0.527. The maximum atomic E-state index is 13.2. The van der Waals surface area contributed by atoms with E-state index in [1.165, 1.54) is 0 Å². The van der Waals surface area contributed by atoms with Gasteiger partial charge in [-0.15, -0.1) is 0 Å². The smallest absolute Gasteiger partial charge is 0.273 e. The van der Waals surface area contributed by atoms with E-state index in [1.807, 2.05) is 59.8 Å². The molecular formula is C25H28BrN3O2. The van der Waals surface area contributed by atoms with Gasteiger partial charge in [-0.1, -0.05) is 38.1 Å². The number of nitrogens with zero attached hydrogens (tertiary/aromatic N) is 2. The topological polar surface area (TPSA) is 54.3 Å². The number of piperidine rings is 1. The normalized spacial score (nSPS) is 18.9. The summed E-state index contributed by atoms with van der Waals surface area (Å²) in [5, 5.41) is 4.01. The first-order valence-corrected chi connectivity index (χ1v) is 11.5. The van der Waals surface area contributed by atoms with Gasteiger partial charge in [0.15, 0.2) is 0 Å². The fourth-order valence-electron chi connectivity index (χ4n) is 4.68. The first-order chi connectivity index (χ1) is 14.8. The second-order valence-electron chi connectivity index (χ2n) is 8.88. The minimum Gasteiger partial charge on any atom is -0.339 e. The number of likely N-dealkylation sites (tertiary alicyclic amines) is 1. The fraction of sp³-hybridized carbons (Fsp3) is 0.360. The van der Waals surface area contributed by atoms with Crippen molar-refractivity contribution in [3.05, 3.63) is 63.8 Å². The lowest BCUT2D eigenvalue weighted by molar-refractivity contribution is 0.0623. The van der Waals surface area contributed by atoms with Gasteiger partial charge in [-0.05, 0) is 64.9 Å². The summed E-state index contributed by atoms with van der Waals surface area (Å²) in [5.74, 6) is 0.820. The summed E-state index contributed by atoms with van der Waals surface area (Å²) >= 11 is 3.59. The number of fused-ring (bicyclic) bond motifs is 1. The summed E-state index contributed by atoms with van der Waals surface area (Å²) in [6, 6.07) is 13.4. The van der Waals surface area contributed by atoms with Crippen molar-refractivity contribution >= 4 is 44.3 Å². The average molecular weight is 482 g/mol. The van der Waals surface area contributed by atoms with Gasteiger partial charge in [0, 0.05) is 42.3 Å². The van der Waals surface area contributed by atoms with E-state index in [1.54, 1.807) is 6.07 Å². The van der Waals surface area contributed by atoms with E-state index in [0.29, 0.717) is 28.8 Å². The van der Waals surface area contributed by atoms with Gasteiger partial charge < -0.3 is 14.8 Å². The fourth-order valence-corrected chi connectivity index (χ4v) is 5.46. The van der Waals surface area contributed by atoms with Crippen LogP contribution in [0, 0.1) is 18.8 Å². The Hall–Kier alpha value is -2.60. The molecule has 1 fully saturated rings. The molecule has 1 aliphatic rings. The molecule has 1 saturated heterocycles. The van der Waals surface area contributed by atoms with Gasteiger partial charge in [-0.3, -0.25) is 9.59 Å². The lowest BCUT2D eigenvalue weighted by Crippen LogP contribution is -2.42. The van der Waals surface area contributed by atoms with Crippen LogP contribution in [0.4, 0.5) is 5.69 Å². The maximum absolute atomic E-state index is 13.2. The largest absolute Gasteiger partial charge is 0.339 e. The van der Waals surface area contributed by atoms with Gasteiger partial charge in [0.05, 0.1) is 4.47 Å². The number of aryl methyl sites for hydroxylation is 2. The summed E-state index contributed by atoms with van der Waals surface area (Å²) in [6.07, 6.45) is 1.15. The van der Waals surface area contributed by atoms with Crippen molar-refractivity contribution < 1.29 is 9.59 Å². The number of hydrogen-bond donors (Lipinski definition) is 1. The lowest BCUT2D eigenvalue weighted by atomic mass is 9.91. The van der Waals surface area contributed by atoms with Crippen molar-refractivity contribution in [1.29, 1.82) is 0 Å². The zero-order valence-electron chi connectivity index (χ0n) is 18.4. The average Bonchev–Trinajstić information content (AvgIpc) is 2.99. The van der Waals surface area contributed by atoms with Crippen LogP contribution in [-0.2, 0) is 7.05 Å². The first-order valence-electron chi connectivity index (χ1n) is 10.7. The summed E-state index contributed by atoms with van der Waals surface area (Å²) in [6.45, 7) is 7.88. The molecule has 4 rings (SSSR count). The molecule has 5 nitrogen and oxygen atoms in total. The SMILES string of the molecule is Cc1ccc(C(=O)N2CC(C)CC(C)C2)cc1NC(=O)c1c(Br)c2ccccc2n1C. The van der Waals surface area contributed by atoms with E-state index in [0.717, 1.165) is 40.4 Å². The molecule has 1 aromatic heterocycles. The number of para-hydroxylation sites is 1. The number of carbonyl (C=O) groups excluding carboxylic acids is 2. The number of anilines is 1. The number of benzene rings is 2. The van der Waals surface area contributed by atoms with Crippen LogP contribution in [-0.4, -0.2) is 34.4 Å². The minimum atomic E-state index is -0.210. The third-order valence-corrected chi connectivity index (χ3v) is 6.95. The molecule has 1 N–H and O–H groups in total. The Morgan fingerprint density at radius 1 is 1.06 bits per heavy atom. The second-order valence-corrected chi connectivity index (χ2v) is 9.67. The number of hydrogen-bond acceptors (Lipinski definition) is 2. The molecule has 6 heteroatoms. The van der Waals surface area contributed by atoms with Crippen molar-refractivity contribution in [2.75, 3.05) is 18.4 Å². The van der Waals surface area contributed by atoms with E-state index in [2.05, 4.69) is 35.1 Å². The van der Waals surface area contributed by atoms with Crippen LogP contribution in [0.3, 0.4) is 0 Å². The zero-order chi connectivity index (χ0) is 22.3. The predicted molar refractivity (Wildman–Crippen MR) is 129 cm³/mol. The Kier molecular flexibility index (Phi) is 5.93. The van der Waals surface area contributed by atoms with Crippen LogP contribution in [0.15, 0.2) is 46.9 Å². The second kappa shape index (κ2) is 8.50.